The molecule has 0 amide bonds. The molecule has 14 heavy (non-hydrogen) atoms. The maximum Gasteiger partial charge on any atom is 0.252 e. The summed E-state index contributed by atoms with van der Waals surface area (Å²) in [5.74, 6) is 0.208. The van der Waals surface area contributed by atoms with E-state index in [4.69, 9.17) is 5.26 Å². The van der Waals surface area contributed by atoms with Gasteiger partial charge in [-0.25, -0.2) is 9.67 Å². The van der Waals surface area contributed by atoms with Crippen molar-refractivity contribution in [1.82, 2.24) is 14.8 Å². The number of hydrogen-bond acceptors (Lipinski definition) is 4. The third-order valence-electron chi connectivity index (χ3n) is 1.60. The summed E-state index contributed by atoms with van der Waals surface area (Å²) in [6.07, 6.45) is 1.56. The lowest BCUT2D eigenvalue weighted by atomic mass is 10.3. The molecule has 0 unspecified atom stereocenters. The third kappa shape index (κ3) is 2.00. The molecule has 2 aromatic rings. The smallest absolute Gasteiger partial charge is 0.247 e. The average Bonchev–Trinajstić information content (AvgIpc) is 2.76. The monoisotopic (exact) mass is 268 g/mol. The fourth-order valence-corrected chi connectivity index (χ4v) is 2.24. The van der Waals surface area contributed by atoms with Crippen LogP contribution < -0.4 is 0 Å². The van der Waals surface area contributed by atoms with Crippen LogP contribution in [0.25, 0.3) is 0 Å². The van der Waals surface area contributed by atoms with Crippen LogP contribution in [0, 0.1) is 11.3 Å². The van der Waals surface area contributed by atoms with E-state index in [2.05, 4.69) is 26.0 Å². The fraction of sp³-hybridized carbons (Fsp3) is 0.125. The lowest BCUT2D eigenvalue weighted by Crippen LogP contribution is -1.98. The second kappa shape index (κ2) is 3.90. The van der Waals surface area contributed by atoms with E-state index in [1.54, 1.807) is 22.3 Å². The Bertz CT molecular complexity index is 481. The van der Waals surface area contributed by atoms with Gasteiger partial charge in [0.1, 0.15) is 12.4 Å². The molecule has 70 valence electrons. The zero-order chi connectivity index (χ0) is 9.97. The van der Waals surface area contributed by atoms with Crippen molar-refractivity contribution in [2.75, 3.05) is 0 Å². The van der Waals surface area contributed by atoms with Gasteiger partial charge in [0, 0.05) is 0 Å². The Balaban J connectivity index is 2.15. The van der Waals surface area contributed by atoms with Crippen LogP contribution in [0.3, 0.4) is 0 Å². The summed E-state index contributed by atoms with van der Waals surface area (Å²) >= 11 is 5.01. The number of nitriles is 1. The highest BCUT2D eigenvalue weighted by molar-refractivity contribution is 9.11. The highest BCUT2D eigenvalue weighted by Crippen LogP contribution is 2.20. The normalized spacial score (nSPS) is 10.0. The number of hydrogen-bond donors (Lipinski definition) is 0. The quantitative estimate of drug-likeness (QED) is 0.838. The summed E-state index contributed by atoms with van der Waals surface area (Å²) in [5.41, 5.74) is 1.15. The largest absolute Gasteiger partial charge is 0.252 e. The molecule has 2 aromatic heterocycles. The van der Waals surface area contributed by atoms with Gasteiger partial charge in [-0.05, 0) is 32.9 Å². The van der Waals surface area contributed by atoms with Gasteiger partial charge in [-0.15, -0.1) is 16.4 Å². The van der Waals surface area contributed by atoms with E-state index >= 15 is 0 Å². The molecule has 0 atom stereocenters. The molecular formula is C8H5BrN4S. The molecule has 0 saturated heterocycles. The highest BCUT2D eigenvalue weighted by Gasteiger charge is 2.01. The first-order valence-electron chi connectivity index (χ1n) is 3.80. The van der Waals surface area contributed by atoms with E-state index < -0.39 is 0 Å². The highest BCUT2D eigenvalue weighted by atomic mass is 79.9. The number of nitrogens with zero attached hydrogens (tertiary/aromatic N) is 4. The Morgan fingerprint density at radius 2 is 2.50 bits per heavy atom. The van der Waals surface area contributed by atoms with Crippen LogP contribution in [0.15, 0.2) is 21.6 Å². The summed E-state index contributed by atoms with van der Waals surface area (Å²) in [7, 11) is 0. The zero-order valence-corrected chi connectivity index (χ0v) is 9.42. The lowest BCUT2D eigenvalue weighted by Gasteiger charge is -1.94. The summed E-state index contributed by atoms with van der Waals surface area (Å²) < 4.78 is 2.74. The van der Waals surface area contributed by atoms with Crippen molar-refractivity contribution in [3.63, 3.8) is 0 Å². The molecule has 2 rings (SSSR count). The summed E-state index contributed by atoms with van der Waals surface area (Å²) in [6, 6.07) is 3.91. The van der Waals surface area contributed by atoms with Crippen molar-refractivity contribution < 1.29 is 0 Å². The molecular weight excluding hydrogens is 264 g/mol. The molecule has 0 N–H and O–H groups in total. The standard InChI is InChI=1S/C8H5BrN4S/c9-7-1-6(4-14-7)3-13-5-11-8(2-10)12-13/h1,4-5H,3H2. The molecule has 0 bridgehead atoms. The fourth-order valence-electron chi connectivity index (χ4n) is 1.04. The summed E-state index contributed by atoms with van der Waals surface area (Å²) in [6.45, 7) is 0.650. The maximum atomic E-state index is 8.53. The van der Waals surface area contributed by atoms with Crippen molar-refractivity contribution in [2.45, 2.75) is 6.54 Å². The molecule has 0 saturated carbocycles. The second-order valence-electron chi connectivity index (χ2n) is 2.64. The van der Waals surface area contributed by atoms with Crippen molar-refractivity contribution in [2.24, 2.45) is 0 Å². The number of aromatic nitrogens is 3. The van der Waals surface area contributed by atoms with Crippen LogP contribution in [0.1, 0.15) is 11.4 Å². The average molecular weight is 269 g/mol. The molecule has 0 fully saturated rings. The maximum absolute atomic E-state index is 8.53. The van der Waals surface area contributed by atoms with Gasteiger partial charge in [0.05, 0.1) is 10.3 Å². The number of thiophene rings is 1. The predicted molar refractivity (Wildman–Crippen MR) is 55.9 cm³/mol. The van der Waals surface area contributed by atoms with Crippen molar-refractivity contribution in [3.05, 3.63) is 32.9 Å². The van der Waals surface area contributed by atoms with E-state index in [1.807, 2.05) is 17.5 Å². The van der Waals surface area contributed by atoms with Gasteiger partial charge in [0.15, 0.2) is 0 Å². The Morgan fingerprint density at radius 1 is 1.64 bits per heavy atom. The molecule has 0 radical (unpaired) electrons. The van der Waals surface area contributed by atoms with Gasteiger partial charge in [-0.3, -0.25) is 0 Å². The molecule has 0 aromatic carbocycles. The molecule has 4 nitrogen and oxygen atoms in total. The SMILES string of the molecule is N#Cc1ncn(Cc2csc(Br)c2)n1. The topological polar surface area (TPSA) is 54.5 Å². The lowest BCUT2D eigenvalue weighted by molar-refractivity contribution is 0.684. The van der Waals surface area contributed by atoms with Crippen LogP contribution in [0.4, 0.5) is 0 Å². The Kier molecular flexibility index (Phi) is 2.61. The third-order valence-corrected chi connectivity index (χ3v) is 3.16. The summed E-state index contributed by atoms with van der Waals surface area (Å²) in [4.78, 5) is 3.82. The van der Waals surface area contributed by atoms with Gasteiger partial charge >= 0.3 is 0 Å². The van der Waals surface area contributed by atoms with Gasteiger partial charge < -0.3 is 0 Å². The number of rotatable bonds is 2. The van der Waals surface area contributed by atoms with Crippen molar-refractivity contribution in [1.29, 1.82) is 5.26 Å². The van der Waals surface area contributed by atoms with Crippen LogP contribution in [-0.4, -0.2) is 14.8 Å². The minimum absolute atomic E-state index is 0.208. The Labute approximate surface area is 92.9 Å². The minimum atomic E-state index is 0.208. The van der Waals surface area contributed by atoms with Crippen LogP contribution >= 0.6 is 27.3 Å². The zero-order valence-electron chi connectivity index (χ0n) is 7.01. The van der Waals surface area contributed by atoms with E-state index in [0.717, 1.165) is 9.35 Å². The van der Waals surface area contributed by atoms with E-state index in [-0.39, 0.29) is 5.82 Å². The van der Waals surface area contributed by atoms with Crippen molar-refractivity contribution >= 4 is 27.3 Å². The molecule has 0 aliphatic carbocycles. The molecule has 0 aliphatic heterocycles. The van der Waals surface area contributed by atoms with Crippen LogP contribution in [-0.2, 0) is 6.54 Å². The van der Waals surface area contributed by atoms with Gasteiger partial charge in [-0.2, -0.15) is 5.26 Å². The van der Waals surface area contributed by atoms with Gasteiger partial charge in [0.2, 0.25) is 0 Å². The first-order chi connectivity index (χ1) is 6.78. The Hall–Kier alpha value is -1.19. The molecule has 6 heteroatoms. The predicted octanol–water partition coefficient (Wildman–Crippen LogP) is 2.02. The first-order valence-corrected chi connectivity index (χ1v) is 5.47. The molecule has 0 aliphatic rings. The van der Waals surface area contributed by atoms with E-state index in [0.29, 0.717) is 6.54 Å². The Morgan fingerprint density at radius 3 is 3.07 bits per heavy atom. The van der Waals surface area contributed by atoms with Crippen LogP contribution in [0.5, 0.6) is 0 Å². The van der Waals surface area contributed by atoms with Gasteiger partial charge in [0.25, 0.3) is 5.82 Å². The second-order valence-corrected chi connectivity index (χ2v) is 4.93. The van der Waals surface area contributed by atoms with E-state index in [1.165, 1.54) is 0 Å². The van der Waals surface area contributed by atoms with Crippen LogP contribution in [0.2, 0.25) is 0 Å². The molecule has 0 spiro atoms. The molecule has 2 heterocycles. The minimum Gasteiger partial charge on any atom is -0.247 e. The summed E-state index contributed by atoms with van der Waals surface area (Å²) in [5, 5.41) is 14.5. The van der Waals surface area contributed by atoms with Crippen molar-refractivity contribution in [3.8, 4) is 6.07 Å². The van der Waals surface area contributed by atoms with E-state index in [9.17, 15) is 0 Å². The van der Waals surface area contributed by atoms with Gasteiger partial charge in [-0.1, -0.05) is 0 Å². The first kappa shape index (κ1) is 9.37. The number of halogens is 1.